The highest BCUT2D eigenvalue weighted by Gasteiger charge is 2.28. The van der Waals surface area contributed by atoms with E-state index in [0.717, 1.165) is 0 Å². The van der Waals surface area contributed by atoms with Crippen molar-refractivity contribution in [2.75, 3.05) is 0 Å². The van der Waals surface area contributed by atoms with Crippen molar-refractivity contribution in [1.82, 2.24) is 4.90 Å². The van der Waals surface area contributed by atoms with Crippen molar-refractivity contribution < 1.29 is 33.4 Å². The Kier molecular flexibility index (Phi) is 7.76. The number of carbonyl (C=O) groups excluding carboxylic acids is 1. The number of carboxylic acids is 1. The van der Waals surface area contributed by atoms with Crippen LogP contribution in [0.4, 0.5) is 4.39 Å². The van der Waals surface area contributed by atoms with Crippen molar-refractivity contribution in [3.8, 4) is 0 Å². The van der Waals surface area contributed by atoms with Gasteiger partial charge in [0.15, 0.2) is 0 Å². The van der Waals surface area contributed by atoms with Crippen molar-refractivity contribution in [3.05, 3.63) is 107 Å². The molecule has 3 N–H and O–H groups in total. The van der Waals surface area contributed by atoms with Gasteiger partial charge in [-0.15, -0.1) is 0 Å². The summed E-state index contributed by atoms with van der Waals surface area (Å²) in [5.74, 6) is -1.99. The third-order valence-corrected chi connectivity index (χ3v) is 5.82. The Labute approximate surface area is 190 Å². The van der Waals surface area contributed by atoms with Crippen LogP contribution in [0, 0.1) is 5.82 Å². The zero-order valence-electron chi connectivity index (χ0n) is 17.5. The van der Waals surface area contributed by atoms with Gasteiger partial charge in [-0.1, -0.05) is 54.6 Å². The molecular weight excluding hydrogens is 448 g/mol. The Morgan fingerprint density at radius 1 is 0.879 bits per heavy atom. The normalized spacial score (nSPS) is 12.2. The summed E-state index contributed by atoms with van der Waals surface area (Å²) in [5, 5.41) is 9.53. The van der Waals surface area contributed by atoms with E-state index in [9.17, 15) is 23.7 Å². The fourth-order valence-electron chi connectivity index (χ4n) is 3.51. The predicted molar refractivity (Wildman–Crippen MR) is 120 cm³/mol. The highest BCUT2D eigenvalue weighted by molar-refractivity contribution is 7.50. The summed E-state index contributed by atoms with van der Waals surface area (Å²) >= 11 is 0. The van der Waals surface area contributed by atoms with Crippen LogP contribution in [0.25, 0.3) is 0 Å². The summed E-state index contributed by atoms with van der Waals surface area (Å²) in [6.45, 7) is 0.0409. The van der Waals surface area contributed by atoms with Gasteiger partial charge in [0.2, 0.25) is 0 Å². The van der Waals surface area contributed by atoms with Gasteiger partial charge in [0.05, 0.1) is 18.6 Å². The van der Waals surface area contributed by atoms with Crippen LogP contribution < -0.4 is 0 Å². The van der Waals surface area contributed by atoms with E-state index < -0.39 is 37.5 Å². The molecule has 3 aromatic rings. The van der Waals surface area contributed by atoms with Gasteiger partial charge in [0.25, 0.3) is 5.91 Å². The minimum Gasteiger partial charge on any atom is -0.481 e. The lowest BCUT2D eigenvalue weighted by atomic mass is 9.99. The van der Waals surface area contributed by atoms with E-state index in [2.05, 4.69) is 0 Å². The molecule has 0 aliphatic rings. The fourth-order valence-corrected chi connectivity index (χ4v) is 4.20. The van der Waals surface area contributed by atoms with Gasteiger partial charge in [0.1, 0.15) is 5.82 Å². The van der Waals surface area contributed by atoms with E-state index in [4.69, 9.17) is 9.79 Å². The van der Waals surface area contributed by atoms with Gasteiger partial charge in [-0.25, -0.2) is 4.39 Å². The van der Waals surface area contributed by atoms with Crippen molar-refractivity contribution in [2.24, 2.45) is 0 Å². The van der Waals surface area contributed by atoms with Gasteiger partial charge in [-0.2, -0.15) is 0 Å². The molecule has 1 amide bonds. The number of aliphatic carboxylic acids is 1. The molecule has 0 saturated carbocycles. The van der Waals surface area contributed by atoms with E-state index in [-0.39, 0.29) is 13.0 Å². The fraction of sp³-hybridized carbons (Fsp3) is 0.167. The molecule has 0 aliphatic carbocycles. The Hall–Kier alpha value is -3.32. The number of rotatable bonds is 9. The van der Waals surface area contributed by atoms with Gasteiger partial charge < -0.3 is 19.8 Å². The molecule has 0 spiro atoms. The topological polar surface area (TPSA) is 115 Å². The number of carbonyl (C=O) groups is 2. The average molecular weight is 471 g/mol. The smallest absolute Gasteiger partial charge is 0.329 e. The van der Waals surface area contributed by atoms with Crippen LogP contribution in [0.1, 0.15) is 39.5 Å². The zero-order valence-corrected chi connectivity index (χ0v) is 18.4. The first kappa shape index (κ1) is 24.3. The molecular formula is C24H23FNO6P. The summed E-state index contributed by atoms with van der Waals surface area (Å²) in [7, 11) is -4.22. The molecule has 1 atom stereocenters. The minimum atomic E-state index is -4.22. The summed E-state index contributed by atoms with van der Waals surface area (Å²) in [6.07, 6.45) is -0.794. The van der Waals surface area contributed by atoms with Gasteiger partial charge in [0, 0.05) is 12.1 Å². The van der Waals surface area contributed by atoms with Crippen LogP contribution in [0.3, 0.4) is 0 Å². The lowest BCUT2D eigenvalue weighted by molar-refractivity contribution is -0.138. The lowest BCUT2D eigenvalue weighted by Crippen LogP contribution is -2.35. The SMILES string of the molecule is O=C(O)CC(c1ccc(F)cc1)N(Cc1ccc(CP(=O)(O)O)cc1)C(=O)c1ccccc1. The largest absolute Gasteiger partial charge is 0.481 e. The van der Waals surface area contributed by atoms with Crippen LogP contribution in [-0.2, 0) is 22.1 Å². The summed E-state index contributed by atoms with van der Waals surface area (Å²) in [5.41, 5.74) is 1.93. The third-order valence-electron chi connectivity index (χ3n) is 5.05. The highest BCUT2D eigenvalue weighted by atomic mass is 31.2. The molecule has 0 heterocycles. The maximum Gasteiger partial charge on any atom is 0.329 e. The molecule has 3 aromatic carbocycles. The Balaban J connectivity index is 1.99. The van der Waals surface area contributed by atoms with Gasteiger partial charge >= 0.3 is 13.6 Å². The van der Waals surface area contributed by atoms with E-state index in [1.54, 1.807) is 54.6 Å². The van der Waals surface area contributed by atoms with Crippen LogP contribution in [0.2, 0.25) is 0 Å². The van der Waals surface area contributed by atoms with Gasteiger partial charge in [-0.05, 0) is 41.0 Å². The van der Waals surface area contributed by atoms with E-state index in [1.807, 2.05) is 0 Å². The second kappa shape index (κ2) is 10.5. The van der Waals surface area contributed by atoms with E-state index in [0.29, 0.717) is 22.3 Å². The molecule has 0 aliphatic heterocycles. The van der Waals surface area contributed by atoms with Crippen LogP contribution in [-0.4, -0.2) is 31.7 Å². The van der Waals surface area contributed by atoms with Crippen molar-refractivity contribution >= 4 is 19.5 Å². The molecule has 0 bridgehead atoms. The number of carboxylic acid groups (broad SMARTS) is 1. The van der Waals surface area contributed by atoms with Gasteiger partial charge in [-0.3, -0.25) is 14.2 Å². The Morgan fingerprint density at radius 2 is 1.45 bits per heavy atom. The number of nitrogens with zero attached hydrogens (tertiary/aromatic N) is 1. The number of amides is 1. The molecule has 172 valence electrons. The predicted octanol–water partition coefficient (Wildman–Crippen LogP) is 4.36. The number of hydrogen-bond acceptors (Lipinski definition) is 3. The lowest BCUT2D eigenvalue weighted by Gasteiger charge is -2.32. The molecule has 33 heavy (non-hydrogen) atoms. The van der Waals surface area contributed by atoms with Crippen molar-refractivity contribution in [3.63, 3.8) is 0 Å². The monoisotopic (exact) mass is 471 g/mol. The molecule has 3 rings (SSSR count). The van der Waals surface area contributed by atoms with E-state index in [1.165, 1.54) is 29.2 Å². The summed E-state index contributed by atoms with van der Waals surface area (Å²) in [4.78, 5) is 44.8. The van der Waals surface area contributed by atoms with Crippen LogP contribution in [0.15, 0.2) is 78.9 Å². The first-order valence-corrected chi connectivity index (χ1v) is 11.9. The highest BCUT2D eigenvalue weighted by Crippen LogP contribution is 2.39. The average Bonchev–Trinajstić information content (AvgIpc) is 2.77. The molecule has 1 unspecified atom stereocenters. The maximum atomic E-state index is 13.5. The first-order chi connectivity index (χ1) is 15.6. The van der Waals surface area contributed by atoms with Crippen molar-refractivity contribution in [2.45, 2.75) is 25.2 Å². The molecule has 0 aromatic heterocycles. The summed E-state index contributed by atoms with van der Waals surface area (Å²) < 4.78 is 24.7. The molecule has 7 nitrogen and oxygen atoms in total. The summed E-state index contributed by atoms with van der Waals surface area (Å²) in [6, 6.07) is 19.3. The molecule has 9 heteroatoms. The van der Waals surface area contributed by atoms with Crippen molar-refractivity contribution in [1.29, 1.82) is 0 Å². The Morgan fingerprint density at radius 3 is 2.00 bits per heavy atom. The van der Waals surface area contributed by atoms with Crippen LogP contribution in [0.5, 0.6) is 0 Å². The second-order valence-electron chi connectivity index (χ2n) is 7.60. The second-order valence-corrected chi connectivity index (χ2v) is 9.25. The van der Waals surface area contributed by atoms with E-state index >= 15 is 0 Å². The molecule has 0 saturated heterocycles. The molecule has 0 radical (unpaired) electrons. The first-order valence-electron chi connectivity index (χ1n) is 10.1. The number of benzene rings is 3. The third kappa shape index (κ3) is 7.08. The minimum absolute atomic E-state index is 0.0409. The molecule has 0 fully saturated rings. The zero-order chi connectivity index (χ0) is 24.0. The van der Waals surface area contributed by atoms with Crippen LogP contribution >= 0.6 is 7.60 Å². The number of hydrogen-bond donors (Lipinski definition) is 3. The maximum absolute atomic E-state index is 13.5. The quantitative estimate of drug-likeness (QED) is 0.400. The Bertz CT molecular complexity index is 1150. The standard InChI is InChI=1S/C24H23FNO6P/c25-21-12-10-19(11-13-21)22(14-23(27)28)26(24(29)20-4-2-1-3-5-20)15-17-6-8-18(9-7-17)16-33(30,31)32/h1-13,22H,14-16H2,(H,27,28)(H2,30,31,32). The number of halogens is 1.